The summed E-state index contributed by atoms with van der Waals surface area (Å²) in [7, 11) is 3.17. The first-order valence-electron chi connectivity index (χ1n) is 8.98. The Bertz CT molecular complexity index is 910. The highest BCUT2D eigenvalue weighted by molar-refractivity contribution is 5.95. The molecule has 0 saturated carbocycles. The molecule has 2 N–H and O–H groups in total. The van der Waals surface area contributed by atoms with Crippen LogP contribution < -0.4 is 14.8 Å². The van der Waals surface area contributed by atoms with Crippen molar-refractivity contribution in [1.82, 2.24) is 20.6 Å². The number of aryl methyl sites for hydroxylation is 1. The summed E-state index contributed by atoms with van der Waals surface area (Å²) < 4.78 is 10.7. The van der Waals surface area contributed by atoms with Gasteiger partial charge in [0, 0.05) is 11.8 Å². The number of rotatable bonds is 8. The number of benzene rings is 2. The zero-order valence-electron chi connectivity index (χ0n) is 16.1. The summed E-state index contributed by atoms with van der Waals surface area (Å²) >= 11 is 0. The Labute approximate surface area is 163 Å². The minimum absolute atomic E-state index is 0.219. The SMILES string of the molecule is CCc1ccc(NC(=O)[C@H](Cc2ccc(OC)cc2OC)c2nn[nH]n2)cc1. The number of H-pyrrole nitrogens is 1. The molecule has 2 aromatic carbocycles. The topological polar surface area (TPSA) is 102 Å². The second-order valence-electron chi connectivity index (χ2n) is 6.24. The highest BCUT2D eigenvalue weighted by Gasteiger charge is 2.27. The van der Waals surface area contributed by atoms with Crippen molar-refractivity contribution >= 4 is 11.6 Å². The van der Waals surface area contributed by atoms with Crippen LogP contribution in [0.2, 0.25) is 0 Å². The maximum absolute atomic E-state index is 13.0. The Morgan fingerprint density at radius 2 is 1.93 bits per heavy atom. The standard InChI is InChI=1S/C20H23N5O3/c1-4-13-5-8-15(9-6-13)21-20(26)17(19-22-24-25-23-19)11-14-7-10-16(27-2)12-18(14)28-3/h5-10,12,17H,4,11H2,1-3H3,(H,21,26)(H,22,23,24,25)/t17-/m1/s1. The number of tetrazole rings is 1. The summed E-state index contributed by atoms with van der Waals surface area (Å²) in [6.07, 6.45) is 1.29. The molecule has 3 aromatic rings. The van der Waals surface area contributed by atoms with Gasteiger partial charge in [-0.2, -0.15) is 5.21 Å². The van der Waals surface area contributed by atoms with E-state index in [0.29, 0.717) is 23.7 Å². The highest BCUT2D eigenvalue weighted by Crippen LogP contribution is 2.29. The quantitative estimate of drug-likeness (QED) is 0.622. The predicted molar refractivity (Wildman–Crippen MR) is 105 cm³/mol. The van der Waals surface area contributed by atoms with Crippen molar-refractivity contribution in [1.29, 1.82) is 0 Å². The average molecular weight is 381 g/mol. The number of carbonyl (C=O) groups is 1. The van der Waals surface area contributed by atoms with Gasteiger partial charge in [-0.3, -0.25) is 4.79 Å². The van der Waals surface area contributed by atoms with Gasteiger partial charge in [-0.15, -0.1) is 10.2 Å². The number of hydrogen-bond acceptors (Lipinski definition) is 6. The third kappa shape index (κ3) is 4.46. The first-order chi connectivity index (χ1) is 13.6. The van der Waals surface area contributed by atoms with Crippen LogP contribution >= 0.6 is 0 Å². The van der Waals surface area contributed by atoms with Gasteiger partial charge >= 0.3 is 0 Å². The number of nitrogens with zero attached hydrogens (tertiary/aromatic N) is 3. The van der Waals surface area contributed by atoms with E-state index in [-0.39, 0.29) is 5.91 Å². The summed E-state index contributed by atoms with van der Waals surface area (Å²) in [6.45, 7) is 2.09. The number of methoxy groups -OCH3 is 2. The number of aromatic nitrogens is 4. The number of amides is 1. The molecule has 1 aromatic heterocycles. The van der Waals surface area contributed by atoms with Gasteiger partial charge in [0.05, 0.1) is 14.2 Å². The molecule has 8 nitrogen and oxygen atoms in total. The fraction of sp³-hybridized carbons (Fsp3) is 0.300. The van der Waals surface area contributed by atoms with E-state index in [4.69, 9.17) is 9.47 Å². The van der Waals surface area contributed by atoms with Gasteiger partial charge in [-0.05, 0) is 42.2 Å². The van der Waals surface area contributed by atoms with E-state index >= 15 is 0 Å². The minimum Gasteiger partial charge on any atom is -0.497 e. The lowest BCUT2D eigenvalue weighted by molar-refractivity contribution is -0.117. The maximum atomic E-state index is 13.0. The van der Waals surface area contributed by atoms with Crippen molar-refractivity contribution in [2.24, 2.45) is 0 Å². The average Bonchev–Trinajstić information content (AvgIpc) is 3.26. The number of aromatic amines is 1. The van der Waals surface area contributed by atoms with Crippen LogP contribution in [0.15, 0.2) is 42.5 Å². The van der Waals surface area contributed by atoms with Gasteiger partial charge in [0.1, 0.15) is 17.4 Å². The number of nitrogens with one attached hydrogen (secondary N) is 2. The molecule has 146 valence electrons. The third-order valence-corrected chi connectivity index (χ3v) is 4.54. The number of hydrogen-bond donors (Lipinski definition) is 2. The molecular weight excluding hydrogens is 358 g/mol. The summed E-state index contributed by atoms with van der Waals surface area (Å²) in [6, 6.07) is 13.2. The van der Waals surface area contributed by atoms with E-state index in [2.05, 4.69) is 32.9 Å². The molecule has 0 bridgehead atoms. The van der Waals surface area contributed by atoms with Crippen molar-refractivity contribution < 1.29 is 14.3 Å². The molecule has 0 saturated heterocycles. The molecule has 1 amide bonds. The van der Waals surface area contributed by atoms with E-state index < -0.39 is 5.92 Å². The van der Waals surface area contributed by atoms with Crippen molar-refractivity contribution in [3.8, 4) is 11.5 Å². The zero-order valence-corrected chi connectivity index (χ0v) is 16.1. The zero-order chi connectivity index (χ0) is 19.9. The summed E-state index contributed by atoms with van der Waals surface area (Å²) in [5.74, 6) is 0.779. The highest BCUT2D eigenvalue weighted by atomic mass is 16.5. The number of ether oxygens (including phenoxy) is 2. The molecular formula is C20H23N5O3. The van der Waals surface area contributed by atoms with Gasteiger partial charge < -0.3 is 14.8 Å². The minimum atomic E-state index is -0.633. The van der Waals surface area contributed by atoms with Crippen molar-refractivity contribution in [3.05, 3.63) is 59.4 Å². The van der Waals surface area contributed by atoms with Gasteiger partial charge in [-0.25, -0.2) is 0 Å². The first-order valence-corrected chi connectivity index (χ1v) is 8.98. The van der Waals surface area contributed by atoms with Crippen molar-refractivity contribution in [3.63, 3.8) is 0 Å². The molecule has 8 heteroatoms. The molecule has 1 heterocycles. The molecule has 0 radical (unpaired) electrons. The van der Waals surface area contributed by atoms with Crippen LogP contribution in [-0.2, 0) is 17.6 Å². The number of anilines is 1. The molecule has 0 spiro atoms. The van der Waals surface area contributed by atoms with E-state index in [0.717, 1.165) is 17.7 Å². The summed E-state index contributed by atoms with van der Waals surface area (Å²) in [5.41, 5.74) is 2.77. The molecule has 0 unspecified atom stereocenters. The second-order valence-corrected chi connectivity index (χ2v) is 6.24. The van der Waals surface area contributed by atoms with Crippen LogP contribution in [0.5, 0.6) is 11.5 Å². The van der Waals surface area contributed by atoms with Gasteiger partial charge in [0.15, 0.2) is 5.82 Å². The molecule has 3 rings (SSSR count). The van der Waals surface area contributed by atoms with Gasteiger partial charge in [0.25, 0.3) is 0 Å². The van der Waals surface area contributed by atoms with Crippen LogP contribution in [0.3, 0.4) is 0 Å². The first kappa shape index (κ1) is 19.3. The van der Waals surface area contributed by atoms with E-state index in [1.165, 1.54) is 5.56 Å². The van der Waals surface area contributed by atoms with E-state index in [1.807, 2.05) is 36.4 Å². The van der Waals surface area contributed by atoms with E-state index in [9.17, 15) is 4.79 Å². The molecule has 0 aliphatic carbocycles. The smallest absolute Gasteiger partial charge is 0.235 e. The molecule has 0 aliphatic rings. The van der Waals surface area contributed by atoms with Crippen molar-refractivity contribution in [2.45, 2.75) is 25.7 Å². The molecule has 28 heavy (non-hydrogen) atoms. The summed E-state index contributed by atoms with van der Waals surface area (Å²) in [4.78, 5) is 13.0. The Morgan fingerprint density at radius 1 is 1.14 bits per heavy atom. The molecule has 0 aliphatic heterocycles. The lowest BCUT2D eigenvalue weighted by Crippen LogP contribution is -2.24. The monoisotopic (exact) mass is 381 g/mol. The Kier molecular flexibility index (Phi) is 6.21. The normalized spacial score (nSPS) is 11.7. The van der Waals surface area contributed by atoms with Crippen LogP contribution in [0, 0.1) is 0 Å². The van der Waals surface area contributed by atoms with Gasteiger partial charge in [0.2, 0.25) is 5.91 Å². The van der Waals surface area contributed by atoms with Crippen LogP contribution in [0.1, 0.15) is 29.8 Å². The van der Waals surface area contributed by atoms with Gasteiger partial charge in [-0.1, -0.05) is 30.3 Å². The van der Waals surface area contributed by atoms with E-state index in [1.54, 1.807) is 20.3 Å². The second kappa shape index (κ2) is 8.98. The Hall–Kier alpha value is -3.42. The fourth-order valence-corrected chi connectivity index (χ4v) is 2.91. The van der Waals surface area contributed by atoms with Crippen molar-refractivity contribution in [2.75, 3.05) is 19.5 Å². The maximum Gasteiger partial charge on any atom is 0.235 e. The lowest BCUT2D eigenvalue weighted by Gasteiger charge is -2.16. The van der Waals surface area contributed by atoms with Crippen LogP contribution in [0.25, 0.3) is 0 Å². The Balaban J connectivity index is 1.84. The third-order valence-electron chi connectivity index (χ3n) is 4.54. The fourth-order valence-electron chi connectivity index (χ4n) is 2.91. The molecule has 0 fully saturated rings. The summed E-state index contributed by atoms with van der Waals surface area (Å²) in [5, 5.41) is 17.0. The Morgan fingerprint density at radius 3 is 2.54 bits per heavy atom. The predicted octanol–water partition coefficient (Wildman–Crippen LogP) is 2.74. The largest absolute Gasteiger partial charge is 0.497 e. The van der Waals surface area contributed by atoms with Crippen LogP contribution in [0.4, 0.5) is 5.69 Å². The molecule has 1 atom stereocenters. The number of carbonyl (C=O) groups excluding carboxylic acids is 1. The van der Waals surface area contributed by atoms with Crippen LogP contribution in [-0.4, -0.2) is 40.8 Å². The lowest BCUT2D eigenvalue weighted by atomic mass is 9.96.